The Hall–Kier alpha value is -0.0900. The largest absolute Gasteiger partial charge is 0.378 e. The zero-order valence-electron chi connectivity index (χ0n) is 15.3. The summed E-state index contributed by atoms with van der Waals surface area (Å²) in [5.41, 5.74) is 0.244. The number of halogens is 1. The van der Waals surface area contributed by atoms with E-state index in [-0.39, 0.29) is 46.9 Å². The molecule has 3 atom stereocenters. The lowest BCUT2D eigenvalue weighted by molar-refractivity contribution is -0.125. The predicted molar refractivity (Wildman–Crippen MR) is 111 cm³/mol. The second-order valence-corrected chi connectivity index (χ2v) is 9.61. The molecule has 1 spiro atoms. The van der Waals surface area contributed by atoms with Crippen molar-refractivity contribution in [1.82, 2.24) is 10.6 Å². The lowest BCUT2D eigenvalue weighted by atomic mass is 9.60. The van der Waals surface area contributed by atoms with E-state index in [1.165, 1.54) is 25.7 Å². The Balaban J connectivity index is 0.00000225. The van der Waals surface area contributed by atoms with Gasteiger partial charge in [-0.15, -0.1) is 24.0 Å². The molecule has 8 heteroatoms. The Morgan fingerprint density at radius 2 is 1.96 bits per heavy atom. The minimum atomic E-state index is -2.88. The summed E-state index contributed by atoms with van der Waals surface area (Å²) in [5.74, 6) is 1.27. The van der Waals surface area contributed by atoms with Gasteiger partial charge >= 0.3 is 0 Å². The van der Waals surface area contributed by atoms with E-state index in [0.29, 0.717) is 25.1 Å². The van der Waals surface area contributed by atoms with Crippen LogP contribution >= 0.6 is 24.0 Å². The quantitative estimate of drug-likeness (QED) is 0.354. The maximum atomic E-state index is 11.7. The van der Waals surface area contributed by atoms with Gasteiger partial charge < -0.3 is 15.4 Å². The van der Waals surface area contributed by atoms with Crippen LogP contribution in [0.25, 0.3) is 0 Å². The number of aliphatic imine (C=N–C) groups is 1. The summed E-state index contributed by atoms with van der Waals surface area (Å²) in [7, 11) is -2.88. The van der Waals surface area contributed by atoms with Gasteiger partial charge in [-0.2, -0.15) is 0 Å². The lowest BCUT2D eigenvalue weighted by Gasteiger charge is -2.54. The minimum Gasteiger partial charge on any atom is -0.378 e. The van der Waals surface area contributed by atoms with Gasteiger partial charge in [0.05, 0.1) is 17.6 Å². The summed E-state index contributed by atoms with van der Waals surface area (Å²) in [5, 5.41) is 6.94. The van der Waals surface area contributed by atoms with Gasteiger partial charge in [-0.05, 0) is 39.5 Å². The Bertz CT molecular complexity index is 576. The molecular weight excluding hydrogens is 453 g/mol. The highest BCUT2D eigenvalue weighted by Crippen LogP contribution is 2.54. The molecule has 6 nitrogen and oxygen atoms in total. The van der Waals surface area contributed by atoms with E-state index < -0.39 is 9.84 Å². The van der Waals surface area contributed by atoms with Crippen molar-refractivity contribution < 1.29 is 13.2 Å². The van der Waals surface area contributed by atoms with Crippen LogP contribution in [0, 0.1) is 5.41 Å². The maximum absolute atomic E-state index is 11.7. The Kier molecular flexibility index (Phi) is 7.41. The van der Waals surface area contributed by atoms with Gasteiger partial charge in [-0.25, -0.2) is 8.42 Å². The molecule has 0 bridgehead atoms. The number of hydrogen-bond acceptors (Lipinski definition) is 4. The summed E-state index contributed by atoms with van der Waals surface area (Å²) in [6.45, 7) is 5.52. The molecule has 3 fully saturated rings. The first-order valence-corrected chi connectivity index (χ1v) is 11.2. The standard InChI is InChI=1S/C17H31N3O3S.HI/c1-3-18-16(19-13-7-10-24(21,22)12-13)20-14-11-15(23-4-2)17(14)8-5-6-9-17;/h13-15H,3-12H2,1-2H3,(H2,18,19,20);1H. The molecular formula is C17H32IN3O3S. The lowest BCUT2D eigenvalue weighted by Crippen LogP contribution is -2.65. The second-order valence-electron chi connectivity index (χ2n) is 7.38. The third kappa shape index (κ3) is 4.61. The molecule has 0 aromatic rings. The van der Waals surface area contributed by atoms with Gasteiger partial charge in [0.1, 0.15) is 0 Å². The molecule has 0 amide bonds. The van der Waals surface area contributed by atoms with Crippen LogP contribution < -0.4 is 10.6 Å². The van der Waals surface area contributed by atoms with E-state index in [2.05, 4.69) is 22.5 Å². The van der Waals surface area contributed by atoms with Crippen molar-refractivity contribution in [2.45, 2.75) is 70.6 Å². The molecule has 0 aromatic carbocycles. The van der Waals surface area contributed by atoms with Crippen molar-refractivity contribution in [3.63, 3.8) is 0 Å². The predicted octanol–water partition coefficient (Wildman–Crippen LogP) is 2.08. The fourth-order valence-electron chi connectivity index (χ4n) is 4.65. The summed E-state index contributed by atoms with van der Waals surface area (Å²) in [6.07, 6.45) is 7.02. The smallest absolute Gasteiger partial charge is 0.191 e. The first-order chi connectivity index (χ1) is 11.5. The fourth-order valence-corrected chi connectivity index (χ4v) is 6.32. The van der Waals surface area contributed by atoms with Crippen LogP contribution in [-0.2, 0) is 14.6 Å². The van der Waals surface area contributed by atoms with Crippen LogP contribution in [0.5, 0.6) is 0 Å². The summed E-state index contributed by atoms with van der Waals surface area (Å²) in [4.78, 5) is 4.54. The average molecular weight is 485 g/mol. The summed E-state index contributed by atoms with van der Waals surface area (Å²) in [6, 6.07) is 0.363. The van der Waals surface area contributed by atoms with Crippen LogP contribution in [0.1, 0.15) is 52.4 Å². The van der Waals surface area contributed by atoms with Crippen molar-refractivity contribution in [3.8, 4) is 0 Å². The maximum Gasteiger partial charge on any atom is 0.191 e. The molecule has 2 N–H and O–H groups in total. The van der Waals surface area contributed by atoms with Crippen molar-refractivity contribution in [2.75, 3.05) is 24.7 Å². The Morgan fingerprint density at radius 3 is 2.52 bits per heavy atom. The molecule has 3 rings (SSSR count). The molecule has 0 radical (unpaired) electrons. The first-order valence-electron chi connectivity index (χ1n) is 9.38. The Morgan fingerprint density at radius 1 is 1.24 bits per heavy atom. The van der Waals surface area contributed by atoms with E-state index in [1.807, 2.05) is 6.92 Å². The molecule has 25 heavy (non-hydrogen) atoms. The minimum absolute atomic E-state index is 0. The molecule has 1 heterocycles. The zero-order chi connectivity index (χ0) is 17.2. The third-order valence-electron chi connectivity index (χ3n) is 5.89. The highest BCUT2D eigenvalue weighted by atomic mass is 127. The molecule has 2 aliphatic carbocycles. The van der Waals surface area contributed by atoms with Gasteiger partial charge in [0, 0.05) is 30.7 Å². The van der Waals surface area contributed by atoms with Gasteiger partial charge in [0.15, 0.2) is 15.8 Å². The van der Waals surface area contributed by atoms with Crippen molar-refractivity contribution in [1.29, 1.82) is 0 Å². The van der Waals surface area contributed by atoms with Gasteiger partial charge in [-0.1, -0.05) is 12.8 Å². The van der Waals surface area contributed by atoms with Crippen LogP contribution in [0.4, 0.5) is 0 Å². The monoisotopic (exact) mass is 485 g/mol. The SMILES string of the molecule is CCN=C(NC1CCS(=O)(=O)C1)NC1CC(OCC)C12CCCC2.I. The average Bonchev–Trinajstić information content (AvgIpc) is 3.15. The van der Waals surface area contributed by atoms with Crippen molar-refractivity contribution in [3.05, 3.63) is 0 Å². The first kappa shape index (κ1) is 21.2. The van der Waals surface area contributed by atoms with Crippen LogP contribution in [0.15, 0.2) is 4.99 Å². The van der Waals surface area contributed by atoms with E-state index in [9.17, 15) is 8.42 Å². The van der Waals surface area contributed by atoms with E-state index in [0.717, 1.165) is 19.0 Å². The number of hydrogen-bond donors (Lipinski definition) is 2. The van der Waals surface area contributed by atoms with Crippen molar-refractivity contribution in [2.24, 2.45) is 10.4 Å². The fraction of sp³-hybridized carbons (Fsp3) is 0.941. The van der Waals surface area contributed by atoms with Gasteiger partial charge in [0.25, 0.3) is 0 Å². The molecule has 146 valence electrons. The number of nitrogens with one attached hydrogen (secondary N) is 2. The van der Waals surface area contributed by atoms with Gasteiger partial charge in [0.2, 0.25) is 0 Å². The van der Waals surface area contributed by atoms with E-state index >= 15 is 0 Å². The topological polar surface area (TPSA) is 79.8 Å². The molecule has 2 saturated carbocycles. The second kappa shape index (κ2) is 8.73. The van der Waals surface area contributed by atoms with Crippen LogP contribution in [-0.4, -0.2) is 57.2 Å². The highest BCUT2D eigenvalue weighted by molar-refractivity contribution is 14.0. The highest BCUT2D eigenvalue weighted by Gasteiger charge is 2.57. The molecule has 1 saturated heterocycles. The molecule has 0 aromatic heterocycles. The zero-order valence-corrected chi connectivity index (χ0v) is 18.4. The molecule has 3 unspecified atom stereocenters. The number of guanidine groups is 1. The van der Waals surface area contributed by atoms with E-state index in [1.54, 1.807) is 0 Å². The number of ether oxygens (including phenoxy) is 1. The molecule has 1 aliphatic heterocycles. The number of nitrogens with zero attached hydrogens (tertiary/aromatic N) is 1. The third-order valence-corrected chi connectivity index (χ3v) is 7.66. The van der Waals surface area contributed by atoms with Crippen LogP contribution in [0.3, 0.4) is 0 Å². The number of rotatable bonds is 5. The summed E-state index contributed by atoms with van der Waals surface area (Å²) >= 11 is 0. The summed E-state index contributed by atoms with van der Waals surface area (Å²) < 4.78 is 29.3. The van der Waals surface area contributed by atoms with Crippen molar-refractivity contribution >= 4 is 39.8 Å². The molecule has 3 aliphatic rings. The normalized spacial score (nSPS) is 32.9. The van der Waals surface area contributed by atoms with Crippen LogP contribution in [0.2, 0.25) is 0 Å². The van der Waals surface area contributed by atoms with Gasteiger partial charge in [-0.3, -0.25) is 4.99 Å². The Labute approximate surface area is 168 Å². The number of sulfone groups is 1. The van der Waals surface area contributed by atoms with E-state index in [4.69, 9.17) is 4.74 Å².